The molecule has 0 spiro atoms. The second-order valence-electron chi connectivity index (χ2n) is 5.92. The Labute approximate surface area is 170 Å². The van der Waals surface area contributed by atoms with Gasteiger partial charge in [0.05, 0.1) is 12.0 Å². The lowest BCUT2D eigenvalue weighted by Crippen LogP contribution is -2.13. The number of rotatable bonds is 6. The minimum atomic E-state index is -0.264. The number of hydrogen-bond donors (Lipinski definition) is 1. The molecular weight excluding hydrogens is 461 g/mol. The summed E-state index contributed by atoms with van der Waals surface area (Å²) in [5.41, 5.74) is 1.66. The summed E-state index contributed by atoms with van der Waals surface area (Å²) in [4.78, 5) is 13.5. The lowest BCUT2D eigenvalue weighted by atomic mass is 10.1. The third-order valence-corrected chi connectivity index (χ3v) is 5.41. The first-order chi connectivity index (χ1) is 12.5. The van der Waals surface area contributed by atoms with Gasteiger partial charge < -0.3 is 4.42 Å². The first-order valence-electron chi connectivity index (χ1n) is 8.15. The molecule has 1 amide bonds. The van der Waals surface area contributed by atoms with Crippen LogP contribution in [0.25, 0.3) is 0 Å². The van der Waals surface area contributed by atoms with E-state index < -0.39 is 0 Å². The molecule has 3 aromatic rings. The Balaban J connectivity index is 1.63. The molecule has 1 heterocycles. The first kappa shape index (κ1) is 18.9. The van der Waals surface area contributed by atoms with Gasteiger partial charge in [-0.25, -0.2) is 0 Å². The van der Waals surface area contributed by atoms with Gasteiger partial charge in [0.1, 0.15) is 0 Å². The molecule has 0 aliphatic heterocycles. The quantitative estimate of drug-likeness (QED) is 0.398. The maximum absolute atomic E-state index is 12.3. The van der Waals surface area contributed by atoms with E-state index in [1.807, 2.05) is 30.0 Å². The number of benzene rings is 2. The third-order valence-electron chi connectivity index (χ3n) is 3.46. The van der Waals surface area contributed by atoms with E-state index in [9.17, 15) is 4.79 Å². The minimum Gasteiger partial charge on any atom is -0.407 e. The maximum Gasteiger partial charge on any atom is 0.322 e. The van der Waals surface area contributed by atoms with Crippen molar-refractivity contribution in [1.29, 1.82) is 0 Å². The van der Waals surface area contributed by atoms with Gasteiger partial charge in [-0.3, -0.25) is 10.1 Å². The standard InChI is InChI=1S/C19H18IN3O2S/c1-12(2)26-14-9-7-13(8-10-14)11-17-22-23-19(25-17)21-18(24)15-5-3-4-6-16(15)20/h3-10,12H,11H2,1-2H3,(H,21,23,24). The number of nitrogens with one attached hydrogen (secondary N) is 1. The molecule has 134 valence electrons. The Hall–Kier alpha value is -1.87. The van der Waals surface area contributed by atoms with E-state index in [2.05, 4.69) is 76.2 Å². The van der Waals surface area contributed by atoms with Crippen LogP contribution in [0.1, 0.15) is 35.7 Å². The van der Waals surface area contributed by atoms with E-state index in [1.165, 1.54) is 4.90 Å². The number of thioether (sulfide) groups is 1. The molecule has 0 bridgehead atoms. The van der Waals surface area contributed by atoms with Crippen molar-refractivity contribution in [2.24, 2.45) is 0 Å². The predicted octanol–water partition coefficient (Wildman–Crippen LogP) is 5.02. The fraction of sp³-hybridized carbons (Fsp3) is 0.211. The van der Waals surface area contributed by atoms with Crippen LogP contribution in [0.5, 0.6) is 0 Å². The van der Waals surface area contributed by atoms with Crippen LogP contribution < -0.4 is 5.32 Å². The van der Waals surface area contributed by atoms with Crippen LogP contribution in [0, 0.1) is 3.57 Å². The van der Waals surface area contributed by atoms with Crippen LogP contribution in [0.3, 0.4) is 0 Å². The monoisotopic (exact) mass is 479 g/mol. The Morgan fingerprint density at radius 2 is 1.88 bits per heavy atom. The van der Waals surface area contributed by atoms with Crippen LogP contribution in [0.15, 0.2) is 57.8 Å². The van der Waals surface area contributed by atoms with Gasteiger partial charge in [0.25, 0.3) is 5.91 Å². The van der Waals surface area contributed by atoms with E-state index in [0.717, 1.165) is 9.13 Å². The molecule has 26 heavy (non-hydrogen) atoms. The molecule has 0 aliphatic rings. The summed E-state index contributed by atoms with van der Waals surface area (Å²) in [6, 6.07) is 15.7. The van der Waals surface area contributed by atoms with Gasteiger partial charge in [0, 0.05) is 13.7 Å². The summed E-state index contributed by atoms with van der Waals surface area (Å²) < 4.78 is 6.42. The fourth-order valence-electron chi connectivity index (χ4n) is 2.32. The zero-order chi connectivity index (χ0) is 18.5. The molecule has 3 rings (SSSR count). The van der Waals surface area contributed by atoms with Crippen LogP contribution in [-0.2, 0) is 6.42 Å². The molecule has 1 aromatic heterocycles. The number of carbonyl (C=O) groups excluding carboxylic acids is 1. The van der Waals surface area contributed by atoms with Gasteiger partial charge in [-0.2, -0.15) is 0 Å². The van der Waals surface area contributed by atoms with Crippen LogP contribution >= 0.6 is 34.4 Å². The predicted molar refractivity (Wildman–Crippen MR) is 112 cm³/mol. The highest BCUT2D eigenvalue weighted by molar-refractivity contribution is 14.1. The number of hydrogen-bond acceptors (Lipinski definition) is 5. The third kappa shape index (κ3) is 5.07. The van der Waals surface area contributed by atoms with Crippen molar-refractivity contribution in [1.82, 2.24) is 10.2 Å². The number of aromatic nitrogens is 2. The van der Waals surface area contributed by atoms with E-state index >= 15 is 0 Å². The second kappa shape index (κ2) is 8.68. The average Bonchev–Trinajstić information content (AvgIpc) is 3.03. The maximum atomic E-state index is 12.3. The van der Waals surface area contributed by atoms with Gasteiger partial charge in [0.15, 0.2) is 0 Å². The van der Waals surface area contributed by atoms with Gasteiger partial charge in [-0.15, -0.1) is 16.9 Å². The molecule has 1 N–H and O–H groups in total. The first-order valence-corrected chi connectivity index (χ1v) is 10.1. The van der Waals surface area contributed by atoms with Crippen molar-refractivity contribution in [2.75, 3.05) is 5.32 Å². The molecule has 7 heteroatoms. The van der Waals surface area contributed by atoms with E-state index in [-0.39, 0.29) is 11.9 Å². The van der Waals surface area contributed by atoms with Crippen molar-refractivity contribution in [2.45, 2.75) is 30.4 Å². The molecular formula is C19H18IN3O2S. The second-order valence-corrected chi connectivity index (χ2v) is 8.73. The lowest BCUT2D eigenvalue weighted by Gasteiger charge is -2.05. The van der Waals surface area contributed by atoms with Gasteiger partial charge >= 0.3 is 6.01 Å². The molecule has 0 unspecified atom stereocenters. The Kier molecular flexibility index (Phi) is 6.31. The number of anilines is 1. The van der Waals surface area contributed by atoms with Crippen molar-refractivity contribution >= 4 is 46.3 Å². The van der Waals surface area contributed by atoms with Crippen molar-refractivity contribution in [3.8, 4) is 0 Å². The summed E-state index contributed by atoms with van der Waals surface area (Å²) in [6.45, 7) is 4.34. The summed E-state index contributed by atoms with van der Waals surface area (Å²) in [6.07, 6.45) is 0.526. The largest absolute Gasteiger partial charge is 0.407 e. The van der Waals surface area contributed by atoms with Gasteiger partial charge in [0.2, 0.25) is 5.89 Å². The van der Waals surface area contributed by atoms with E-state index in [0.29, 0.717) is 23.1 Å². The summed E-state index contributed by atoms with van der Waals surface area (Å²) >= 11 is 3.94. The van der Waals surface area contributed by atoms with Crippen LogP contribution in [0.2, 0.25) is 0 Å². The number of halogens is 1. The zero-order valence-corrected chi connectivity index (χ0v) is 17.4. The van der Waals surface area contributed by atoms with Crippen molar-refractivity contribution in [3.05, 3.63) is 69.1 Å². The Morgan fingerprint density at radius 3 is 2.58 bits per heavy atom. The lowest BCUT2D eigenvalue weighted by molar-refractivity contribution is 0.102. The van der Waals surface area contributed by atoms with Gasteiger partial charge in [-0.05, 0) is 52.4 Å². The highest BCUT2D eigenvalue weighted by atomic mass is 127. The van der Waals surface area contributed by atoms with E-state index in [1.54, 1.807) is 6.07 Å². The highest BCUT2D eigenvalue weighted by Crippen LogP contribution is 2.23. The molecule has 2 aromatic carbocycles. The minimum absolute atomic E-state index is 0.108. The average molecular weight is 479 g/mol. The summed E-state index contributed by atoms with van der Waals surface area (Å²) in [5, 5.41) is 11.1. The van der Waals surface area contributed by atoms with E-state index in [4.69, 9.17) is 4.42 Å². The SMILES string of the molecule is CC(C)Sc1ccc(Cc2nnc(NC(=O)c3ccccc3I)o2)cc1. The molecule has 5 nitrogen and oxygen atoms in total. The van der Waals surface area contributed by atoms with Crippen LogP contribution in [-0.4, -0.2) is 21.4 Å². The van der Waals surface area contributed by atoms with Crippen molar-refractivity contribution < 1.29 is 9.21 Å². The molecule has 0 radical (unpaired) electrons. The normalized spacial score (nSPS) is 10.9. The fourth-order valence-corrected chi connectivity index (χ4v) is 3.79. The molecule has 0 saturated carbocycles. The van der Waals surface area contributed by atoms with Gasteiger partial charge in [-0.1, -0.05) is 43.2 Å². The molecule has 0 atom stereocenters. The Bertz CT molecular complexity index is 894. The summed E-state index contributed by atoms with van der Waals surface area (Å²) in [5.74, 6) is 0.201. The zero-order valence-electron chi connectivity index (χ0n) is 14.4. The summed E-state index contributed by atoms with van der Waals surface area (Å²) in [7, 11) is 0. The molecule has 0 saturated heterocycles. The van der Waals surface area contributed by atoms with Crippen LogP contribution in [0.4, 0.5) is 6.01 Å². The smallest absolute Gasteiger partial charge is 0.322 e. The topological polar surface area (TPSA) is 68.0 Å². The number of amides is 1. The molecule has 0 fully saturated rings. The number of carbonyl (C=O) groups is 1. The Morgan fingerprint density at radius 1 is 1.15 bits per heavy atom. The highest BCUT2D eigenvalue weighted by Gasteiger charge is 2.14. The molecule has 0 aliphatic carbocycles. The number of nitrogens with zero attached hydrogens (tertiary/aromatic N) is 2. The van der Waals surface area contributed by atoms with Crippen molar-refractivity contribution in [3.63, 3.8) is 0 Å².